The van der Waals surface area contributed by atoms with Gasteiger partial charge in [-0.1, -0.05) is 13.0 Å². The van der Waals surface area contributed by atoms with Crippen molar-refractivity contribution in [1.82, 2.24) is 14.9 Å². The van der Waals surface area contributed by atoms with Crippen LogP contribution in [0.1, 0.15) is 36.8 Å². The number of pyridine rings is 1. The summed E-state index contributed by atoms with van der Waals surface area (Å²) in [6.45, 7) is 1.82. The van der Waals surface area contributed by atoms with Crippen molar-refractivity contribution in [3.8, 4) is 11.4 Å². The lowest BCUT2D eigenvalue weighted by atomic mass is 10.0. The zero-order chi connectivity index (χ0) is 27.5. The second kappa shape index (κ2) is 11.2. The predicted molar refractivity (Wildman–Crippen MR) is 160 cm³/mol. The maximum Gasteiger partial charge on any atom is 0.224 e. The summed E-state index contributed by atoms with van der Waals surface area (Å²) in [5.41, 5.74) is 5.59. The average molecular weight is 541 g/mol. The van der Waals surface area contributed by atoms with Gasteiger partial charge in [-0.15, -0.1) is 0 Å². The van der Waals surface area contributed by atoms with Gasteiger partial charge in [0.2, 0.25) is 5.91 Å². The molecular formula is C30H32N6O2S. The number of nitrogens with zero attached hydrogens (tertiary/aromatic N) is 4. The number of benzene rings is 2. The molecule has 0 saturated carbocycles. The van der Waals surface area contributed by atoms with Gasteiger partial charge in [-0.2, -0.15) is 0 Å². The SMILES string of the molecule is CCC(=O)Nc1ccc(N2C(=S)NC(c3ccccn3)C2c2cccn2-c2ccc(N(C)C)cc2)cc1OC. The minimum atomic E-state index is -0.211. The number of amides is 1. The molecule has 1 aliphatic rings. The van der Waals surface area contributed by atoms with E-state index in [0.29, 0.717) is 23.0 Å². The summed E-state index contributed by atoms with van der Waals surface area (Å²) in [6, 6.07) is 23.8. The number of carbonyl (C=O) groups is 1. The highest BCUT2D eigenvalue weighted by Gasteiger charge is 2.42. The van der Waals surface area contributed by atoms with Gasteiger partial charge in [0.05, 0.1) is 24.5 Å². The lowest BCUT2D eigenvalue weighted by Crippen LogP contribution is -2.30. The smallest absolute Gasteiger partial charge is 0.224 e. The summed E-state index contributed by atoms with van der Waals surface area (Å²) in [5, 5.41) is 7.01. The van der Waals surface area contributed by atoms with Crippen molar-refractivity contribution in [2.75, 3.05) is 36.3 Å². The Kier molecular flexibility index (Phi) is 7.51. The van der Waals surface area contributed by atoms with Gasteiger partial charge in [0.1, 0.15) is 11.8 Å². The van der Waals surface area contributed by atoms with Crippen LogP contribution in [0, 0.1) is 0 Å². The maximum atomic E-state index is 12.1. The van der Waals surface area contributed by atoms with Crippen molar-refractivity contribution >= 4 is 40.3 Å². The second-order valence-corrected chi connectivity index (χ2v) is 9.88. The van der Waals surface area contributed by atoms with Crippen molar-refractivity contribution < 1.29 is 9.53 Å². The highest BCUT2D eigenvalue weighted by atomic mass is 32.1. The van der Waals surface area contributed by atoms with Gasteiger partial charge >= 0.3 is 0 Å². The third kappa shape index (κ3) is 5.18. The quantitative estimate of drug-likeness (QED) is 0.287. The number of methoxy groups -OCH3 is 1. The molecule has 2 aromatic carbocycles. The number of carbonyl (C=O) groups excluding carboxylic acids is 1. The Morgan fingerprint density at radius 1 is 1.08 bits per heavy atom. The number of hydrogen-bond acceptors (Lipinski definition) is 5. The van der Waals surface area contributed by atoms with Crippen LogP contribution in [0.2, 0.25) is 0 Å². The van der Waals surface area contributed by atoms with Crippen molar-refractivity contribution in [3.63, 3.8) is 0 Å². The average Bonchev–Trinajstić information content (AvgIpc) is 3.58. The van der Waals surface area contributed by atoms with Crippen LogP contribution in [0.4, 0.5) is 17.1 Å². The van der Waals surface area contributed by atoms with Crippen molar-refractivity contribution in [1.29, 1.82) is 0 Å². The summed E-state index contributed by atoms with van der Waals surface area (Å²) in [6.07, 6.45) is 4.25. The summed E-state index contributed by atoms with van der Waals surface area (Å²) >= 11 is 5.92. The van der Waals surface area contributed by atoms with E-state index >= 15 is 0 Å². The first-order chi connectivity index (χ1) is 18.9. The Morgan fingerprint density at radius 2 is 1.85 bits per heavy atom. The van der Waals surface area contributed by atoms with E-state index in [4.69, 9.17) is 17.0 Å². The van der Waals surface area contributed by atoms with Crippen LogP contribution in [0.3, 0.4) is 0 Å². The van der Waals surface area contributed by atoms with Crippen LogP contribution in [0.15, 0.2) is 85.2 Å². The molecule has 2 N–H and O–H groups in total. The molecule has 8 nitrogen and oxygen atoms in total. The highest BCUT2D eigenvalue weighted by Crippen LogP contribution is 2.44. The van der Waals surface area contributed by atoms with Gasteiger partial charge in [0, 0.05) is 61.7 Å². The van der Waals surface area contributed by atoms with E-state index in [0.717, 1.165) is 28.5 Å². The highest BCUT2D eigenvalue weighted by molar-refractivity contribution is 7.80. The molecule has 2 atom stereocenters. The largest absolute Gasteiger partial charge is 0.494 e. The Balaban J connectivity index is 1.61. The molecule has 5 rings (SSSR count). The zero-order valence-corrected chi connectivity index (χ0v) is 23.3. The molecule has 0 aliphatic carbocycles. The molecule has 4 aromatic rings. The summed E-state index contributed by atoms with van der Waals surface area (Å²) in [4.78, 5) is 20.9. The predicted octanol–water partition coefficient (Wildman–Crippen LogP) is 5.47. The third-order valence-corrected chi connectivity index (χ3v) is 7.20. The van der Waals surface area contributed by atoms with E-state index in [1.54, 1.807) is 13.3 Å². The number of nitrogens with one attached hydrogen (secondary N) is 2. The number of ether oxygens (including phenoxy) is 1. The molecule has 1 amide bonds. The molecular weight excluding hydrogens is 508 g/mol. The molecule has 0 spiro atoms. The molecule has 200 valence electrons. The number of aromatic nitrogens is 2. The molecule has 0 radical (unpaired) electrons. The van der Waals surface area contributed by atoms with E-state index < -0.39 is 0 Å². The fourth-order valence-electron chi connectivity index (χ4n) is 4.89. The van der Waals surface area contributed by atoms with Crippen LogP contribution < -0.4 is 25.2 Å². The zero-order valence-electron chi connectivity index (χ0n) is 22.5. The molecule has 9 heteroatoms. The Labute approximate surface area is 234 Å². The van der Waals surface area contributed by atoms with Crippen molar-refractivity contribution in [2.24, 2.45) is 0 Å². The van der Waals surface area contributed by atoms with Crippen LogP contribution in [-0.2, 0) is 4.79 Å². The van der Waals surface area contributed by atoms with Crippen LogP contribution in [0.25, 0.3) is 5.69 Å². The normalized spacial score (nSPS) is 16.6. The van der Waals surface area contributed by atoms with E-state index in [1.165, 1.54) is 0 Å². The third-order valence-electron chi connectivity index (χ3n) is 6.88. The maximum absolute atomic E-state index is 12.1. The van der Waals surface area contributed by atoms with Gasteiger partial charge in [-0.3, -0.25) is 9.78 Å². The Bertz CT molecular complexity index is 1470. The molecule has 2 unspecified atom stereocenters. The Morgan fingerprint density at radius 3 is 2.51 bits per heavy atom. The van der Waals surface area contributed by atoms with Gasteiger partial charge in [-0.25, -0.2) is 0 Å². The topological polar surface area (TPSA) is 74.7 Å². The summed E-state index contributed by atoms with van der Waals surface area (Å²) in [7, 11) is 5.66. The number of anilines is 3. The number of rotatable bonds is 8. The van der Waals surface area contributed by atoms with Gasteiger partial charge in [0.15, 0.2) is 5.11 Å². The Hall–Kier alpha value is -4.37. The molecule has 39 heavy (non-hydrogen) atoms. The monoisotopic (exact) mass is 540 g/mol. The lowest BCUT2D eigenvalue weighted by Gasteiger charge is -2.29. The van der Waals surface area contributed by atoms with E-state index in [-0.39, 0.29) is 18.0 Å². The molecule has 1 aliphatic heterocycles. The minimum absolute atomic E-state index is 0.0781. The fraction of sp³-hybridized carbons (Fsp3) is 0.233. The molecule has 2 aromatic heterocycles. The van der Waals surface area contributed by atoms with Crippen molar-refractivity contribution in [2.45, 2.75) is 25.4 Å². The first kappa shape index (κ1) is 26.2. The molecule has 3 heterocycles. The lowest BCUT2D eigenvalue weighted by molar-refractivity contribution is -0.115. The van der Waals surface area contributed by atoms with Crippen LogP contribution in [-0.4, -0.2) is 41.8 Å². The molecule has 1 saturated heterocycles. The number of thiocarbonyl (C=S) groups is 1. The van der Waals surface area contributed by atoms with Crippen LogP contribution in [0.5, 0.6) is 5.75 Å². The standard InChI is InChI=1S/C30H32N6O2S/c1-5-27(37)32-23-16-15-22(19-26(23)38-4)36-29(28(33-30(36)39)24-9-6-7-17-31-24)25-10-8-18-35(25)21-13-11-20(12-14-21)34(2)3/h6-19,28-29H,5H2,1-4H3,(H,32,37)(H,33,39). The molecule has 0 bridgehead atoms. The van der Waals surface area contributed by atoms with Gasteiger partial charge in [0.25, 0.3) is 0 Å². The summed E-state index contributed by atoms with van der Waals surface area (Å²) < 4.78 is 7.85. The van der Waals surface area contributed by atoms with E-state index in [1.807, 2.05) is 63.5 Å². The van der Waals surface area contributed by atoms with Crippen LogP contribution >= 0.6 is 12.2 Å². The van der Waals surface area contributed by atoms with E-state index in [2.05, 4.69) is 66.5 Å². The minimum Gasteiger partial charge on any atom is -0.494 e. The van der Waals surface area contributed by atoms with Crippen molar-refractivity contribution in [3.05, 3.63) is 96.6 Å². The van der Waals surface area contributed by atoms with Gasteiger partial charge in [-0.05, 0) is 72.9 Å². The van der Waals surface area contributed by atoms with E-state index in [9.17, 15) is 4.79 Å². The van der Waals surface area contributed by atoms with Gasteiger partial charge < -0.3 is 29.7 Å². The number of hydrogen-bond donors (Lipinski definition) is 2. The fourth-order valence-corrected chi connectivity index (χ4v) is 5.23. The first-order valence-electron chi connectivity index (χ1n) is 12.8. The first-order valence-corrected chi connectivity index (χ1v) is 13.3. The second-order valence-electron chi connectivity index (χ2n) is 9.50. The molecule has 1 fully saturated rings. The summed E-state index contributed by atoms with van der Waals surface area (Å²) in [5.74, 6) is 0.484.